The van der Waals surface area contributed by atoms with Gasteiger partial charge in [0.05, 0.1) is 16.6 Å². The number of sulfonamides is 1. The normalized spacial score (nSPS) is 43.6. The second-order valence-electron chi connectivity index (χ2n) is 8.27. The topological polar surface area (TPSA) is 46.6 Å². The monoisotopic (exact) mass is 353 g/mol. The van der Waals surface area contributed by atoms with Crippen LogP contribution in [0, 0.1) is 23.7 Å². The van der Waals surface area contributed by atoms with Crippen molar-refractivity contribution < 1.29 is 13.2 Å². The molecule has 7 rings (SSSR count). The highest BCUT2D eigenvalue weighted by Gasteiger charge is 2.89. The fourth-order valence-corrected chi connectivity index (χ4v) is 7.54. The molecule has 6 heteroatoms. The van der Waals surface area contributed by atoms with E-state index in [2.05, 4.69) is 20.8 Å². The summed E-state index contributed by atoms with van der Waals surface area (Å²) < 4.78 is 33.9. The Morgan fingerprint density at radius 3 is 2.09 bits per heavy atom. The Balaban J connectivity index is 1.43. The second kappa shape index (κ2) is 4.13. The minimum atomic E-state index is -3.41. The van der Waals surface area contributed by atoms with Gasteiger partial charge in [0.15, 0.2) is 0 Å². The van der Waals surface area contributed by atoms with Crippen LogP contribution in [0.1, 0.15) is 20.8 Å². The summed E-state index contributed by atoms with van der Waals surface area (Å²) >= 11 is 5.87. The summed E-state index contributed by atoms with van der Waals surface area (Å²) in [5.74, 6) is 2.04. The van der Waals surface area contributed by atoms with Crippen molar-refractivity contribution >= 4 is 21.6 Å². The van der Waals surface area contributed by atoms with Crippen LogP contribution in [0.15, 0.2) is 29.2 Å². The molecule has 4 nitrogen and oxygen atoms in total. The third-order valence-electron chi connectivity index (χ3n) is 5.99. The van der Waals surface area contributed by atoms with Gasteiger partial charge < -0.3 is 4.74 Å². The van der Waals surface area contributed by atoms with E-state index in [1.165, 1.54) is 0 Å². The largest absolute Gasteiger partial charge is 0.372 e. The Morgan fingerprint density at radius 2 is 1.57 bits per heavy atom. The maximum absolute atomic E-state index is 13.0. The Hall–Kier alpha value is -0.620. The second-order valence-corrected chi connectivity index (χ2v) is 10.6. The molecule has 0 N–H and O–H groups in total. The van der Waals surface area contributed by atoms with Crippen molar-refractivity contribution in [2.24, 2.45) is 23.7 Å². The minimum Gasteiger partial charge on any atom is -0.372 e. The van der Waals surface area contributed by atoms with E-state index in [4.69, 9.17) is 16.3 Å². The molecule has 1 aromatic rings. The molecule has 4 aliphatic carbocycles. The highest BCUT2D eigenvalue weighted by atomic mass is 35.5. The molecule has 2 heterocycles. The van der Waals surface area contributed by atoms with Gasteiger partial charge in [-0.1, -0.05) is 11.6 Å². The van der Waals surface area contributed by atoms with Crippen molar-refractivity contribution in [1.82, 2.24) is 4.31 Å². The molecule has 0 spiro atoms. The molecule has 5 atom stereocenters. The number of benzene rings is 1. The van der Waals surface area contributed by atoms with Gasteiger partial charge >= 0.3 is 0 Å². The minimum absolute atomic E-state index is 0.156. The van der Waals surface area contributed by atoms with Gasteiger partial charge in [0.2, 0.25) is 10.0 Å². The van der Waals surface area contributed by atoms with Crippen LogP contribution in [0.2, 0.25) is 5.02 Å². The lowest BCUT2D eigenvalue weighted by molar-refractivity contribution is -0.0985. The summed E-state index contributed by atoms with van der Waals surface area (Å²) in [5, 5.41) is 0.555. The highest BCUT2D eigenvalue weighted by Crippen LogP contribution is 2.80. The highest BCUT2D eigenvalue weighted by molar-refractivity contribution is 7.89. The van der Waals surface area contributed by atoms with Gasteiger partial charge in [0, 0.05) is 23.0 Å². The number of rotatable bonds is 3. The van der Waals surface area contributed by atoms with Crippen LogP contribution in [0.4, 0.5) is 0 Å². The van der Waals surface area contributed by atoms with Gasteiger partial charge in [-0.05, 0) is 62.8 Å². The van der Waals surface area contributed by atoms with Gasteiger partial charge in [0.25, 0.3) is 0 Å². The van der Waals surface area contributed by atoms with Gasteiger partial charge in [-0.15, -0.1) is 0 Å². The van der Waals surface area contributed by atoms with E-state index in [1.54, 1.807) is 28.6 Å². The van der Waals surface area contributed by atoms with Crippen LogP contribution in [0.5, 0.6) is 0 Å². The first kappa shape index (κ1) is 14.7. The Kier molecular flexibility index (Phi) is 2.64. The summed E-state index contributed by atoms with van der Waals surface area (Å²) in [6.07, 6.45) is 0.247. The summed E-state index contributed by atoms with van der Waals surface area (Å²) in [5.41, 5.74) is -0.165. The van der Waals surface area contributed by atoms with Crippen LogP contribution in [-0.2, 0) is 14.8 Å². The van der Waals surface area contributed by atoms with Crippen LogP contribution < -0.4 is 0 Å². The fourth-order valence-electron chi connectivity index (χ4n) is 5.48. The molecule has 2 aliphatic heterocycles. The lowest BCUT2D eigenvalue weighted by atomic mass is 9.92. The van der Waals surface area contributed by atoms with Gasteiger partial charge in [-0.25, -0.2) is 8.42 Å². The molecule has 0 aromatic heterocycles. The van der Waals surface area contributed by atoms with Gasteiger partial charge in [-0.2, -0.15) is 4.31 Å². The maximum Gasteiger partial charge on any atom is 0.243 e. The molecular formula is C17H20ClNO3S. The zero-order chi connectivity index (χ0) is 16.3. The quantitative estimate of drug-likeness (QED) is 0.839. The first-order valence-corrected chi connectivity index (χ1v) is 10.0. The van der Waals surface area contributed by atoms with Crippen LogP contribution in [0.3, 0.4) is 0 Å². The number of piperidine rings is 1. The molecule has 2 saturated heterocycles. The van der Waals surface area contributed by atoms with Crippen LogP contribution in [-0.4, -0.2) is 36.5 Å². The molecule has 1 aromatic carbocycles. The predicted molar refractivity (Wildman–Crippen MR) is 86.6 cm³/mol. The molecule has 6 bridgehead atoms. The van der Waals surface area contributed by atoms with E-state index in [9.17, 15) is 8.42 Å². The van der Waals surface area contributed by atoms with Crippen molar-refractivity contribution in [3.8, 4) is 0 Å². The standard InChI is InChI=1S/C17H20ClNO3S/c1-17(2,3)22-16-12-10-11(12)15-13(16)14(10)19(15)23(20,21)9-6-4-8(18)5-7-9/h4-7,10-16H,1-3H3. The molecular weight excluding hydrogens is 334 g/mol. The predicted octanol–water partition coefficient (Wildman–Crippen LogP) is 2.77. The number of nitrogens with zero attached hydrogens (tertiary/aromatic N) is 1. The summed E-state index contributed by atoms with van der Waals surface area (Å²) in [4.78, 5) is 0.350. The zero-order valence-corrected chi connectivity index (χ0v) is 14.9. The number of halogens is 1. The van der Waals surface area contributed by atoms with Crippen molar-refractivity contribution in [2.45, 2.75) is 49.5 Å². The van der Waals surface area contributed by atoms with E-state index < -0.39 is 10.0 Å². The molecule has 0 radical (unpaired) electrons. The molecule has 23 heavy (non-hydrogen) atoms. The van der Waals surface area contributed by atoms with Crippen molar-refractivity contribution in [1.29, 1.82) is 0 Å². The lowest BCUT2D eigenvalue weighted by Crippen LogP contribution is -2.61. The molecule has 0 amide bonds. The van der Waals surface area contributed by atoms with E-state index in [0.717, 1.165) is 0 Å². The Labute approximate surface area is 141 Å². The van der Waals surface area contributed by atoms with E-state index in [0.29, 0.717) is 33.6 Å². The van der Waals surface area contributed by atoms with Crippen molar-refractivity contribution in [2.75, 3.05) is 0 Å². The maximum atomic E-state index is 13.0. The fraction of sp³-hybridized carbons (Fsp3) is 0.647. The van der Waals surface area contributed by atoms with Crippen molar-refractivity contribution in [3.63, 3.8) is 0 Å². The first-order valence-electron chi connectivity index (χ1n) is 8.19. The number of ether oxygens (including phenoxy) is 1. The average molecular weight is 354 g/mol. The van der Waals surface area contributed by atoms with Crippen molar-refractivity contribution in [3.05, 3.63) is 29.3 Å². The van der Waals surface area contributed by atoms with E-state index in [1.807, 2.05) is 0 Å². The molecule has 6 aliphatic rings. The molecule has 6 fully saturated rings. The van der Waals surface area contributed by atoms with E-state index in [-0.39, 0.29) is 23.8 Å². The first-order chi connectivity index (χ1) is 10.7. The van der Waals surface area contributed by atoms with E-state index >= 15 is 0 Å². The summed E-state index contributed by atoms with van der Waals surface area (Å²) in [7, 11) is -3.41. The van der Waals surface area contributed by atoms with Crippen LogP contribution >= 0.6 is 11.6 Å². The molecule has 5 unspecified atom stereocenters. The third kappa shape index (κ3) is 1.72. The van der Waals surface area contributed by atoms with Gasteiger partial charge in [-0.3, -0.25) is 0 Å². The Morgan fingerprint density at radius 1 is 1.00 bits per heavy atom. The van der Waals surface area contributed by atoms with Crippen LogP contribution in [0.25, 0.3) is 0 Å². The summed E-state index contributed by atoms with van der Waals surface area (Å²) in [6, 6.07) is 6.80. The number of hydrogen-bond acceptors (Lipinski definition) is 3. The molecule has 124 valence electrons. The smallest absolute Gasteiger partial charge is 0.243 e. The zero-order valence-electron chi connectivity index (χ0n) is 13.3. The average Bonchev–Trinajstić information content (AvgIpc) is 2.67. The van der Waals surface area contributed by atoms with Gasteiger partial charge in [0.1, 0.15) is 0 Å². The third-order valence-corrected chi connectivity index (χ3v) is 8.16. The summed E-state index contributed by atoms with van der Waals surface area (Å²) in [6.45, 7) is 6.23. The SMILES string of the molecule is CC(C)(C)OC1C2C3C2C2C1C3N2S(=O)(=O)c1ccc(Cl)cc1. The molecule has 4 saturated carbocycles. The number of hydrogen-bond donors (Lipinski definition) is 0. The lowest BCUT2D eigenvalue weighted by Gasteiger charge is -2.47. The Bertz CT molecular complexity index is 767.